The van der Waals surface area contributed by atoms with Crippen LogP contribution in [0.1, 0.15) is 11.8 Å². The zero-order valence-electron chi connectivity index (χ0n) is 13.4. The number of nitrogens with zero attached hydrogens (tertiary/aromatic N) is 2. The molecule has 1 aromatic heterocycles. The van der Waals surface area contributed by atoms with E-state index in [-0.39, 0.29) is 6.54 Å². The average molecular weight is 348 g/mol. The maximum atomic E-state index is 12.6. The lowest BCUT2D eigenvalue weighted by atomic mass is 10.1. The van der Waals surface area contributed by atoms with E-state index < -0.39 is 42.4 Å². The molecule has 8 nitrogen and oxygen atoms in total. The Morgan fingerprint density at radius 2 is 1.76 bits per heavy atom. The largest absolute Gasteiger partial charge is 0.394 e. The first-order valence-electron chi connectivity index (χ1n) is 8.01. The number of aliphatic hydroxyl groups is 3. The molecule has 3 unspecified atom stereocenters. The third kappa shape index (κ3) is 3.42. The molecule has 0 aliphatic carbocycles. The van der Waals surface area contributed by atoms with Gasteiger partial charge in [0, 0.05) is 18.8 Å². The highest BCUT2D eigenvalue weighted by molar-refractivity contribution is 5.14. The minimum Gasteiger partial charge on any atom is -0.394 e. The zero-order chi connectivity index (χ0) is 18.0. The van der Waals surface area contributed by atoms with Crippen LogP contribution in [-0.2, 0) is 17.7 Å². The van der Waals surface area contributed by atoms with Gasteiger partial charge in [-0.15, -0.1) is 0 Å². The minimum absolute atomic E-state index is 0.178. The summed E-state index contributed by atoms with van der Waals surface area (Å²) in [6.45, 7) is -0.311. The summed E-state index contributed by atoms with van der Waals surface area (Å²) >= 11 is 0. The fourth-order valence-corrected chi connectivity index (χ4v) is 2.93. The molecule has 3 rings (SSSR count). The maximum Gasteiger partial charge on any atom is 0.333 e. The van der Waals surface area contributed by atoms with E-state index >= 15 is 0 Å². The van der Waals surface area contributed by atoms with Gasteiger partial charge in [-0.3, -0.25) is 13.9 Å². The predicted molar refractivity (Wildman–Crippen MR) is 88.1 cm³/mol. The number of aliphatic hydroxyl groups excluding tert-OH is 3. The molecule has 0 amide bonds. The first-order chi connectivity index (χ1) is 12.0. The summed E-state index contributed by atoms with van der Waals surface area (Å²) < 4.78 is 7.48. The Morgan fingerprint density at radius 3 is 2.40 bits per heavy atom. The number of aryl methyl sites for hydroxylation is 1. The summed E-state index contributed by atoms with van der Waals surface area (Å²) in [4.78, 5) is 24.7. The SMILES string of the molecule is O=c1ccn(C2OC(CO)C(O)[C@@H]2O)c(=O)n1CCc1ccccc1. The average Bonchev–Trinajstić information content (AvgIpc) is 2.91. The van der Waals surface area contributed by atoms with Gasteiger partial charge in [0.25, 0.3) is 5.56 Å². The fraction of sp³-hybridized carbons (Fsp3) is 0.412. The Balaban J connectivity index is 1.88. The van der Waals surface area contributed by atoms with Crippen LogP contribution in [0.15, 0.2) is 52.2 Å². The molecule has 134 valence electrons. The quantitative estimate of drug-likeness (QED) is 0.630. The highest BCUT2D eigenvalue weighted by atomic mass is 16.6. The van der Waals surface area contributed by atoms with Crippen molar-refractivity contribution in [3.05, 3.63) is 69.0 Å². The molecule has 25 heavy (non-hydrogen) atoms. The Hall–Kier alpha value is -2.26. The smallest absolute Gasteiger partial charge is 0.333 e. The molecule has 1 aliphatic rings. The van der Waals surface area contributed by atoms with Crippen LogP contribution in [0, 0.1) is 0 Å². The van der Waals surface area contributed by atoms with Crippen molar-refractivity contribution in [1.82, 2.24) is 9.13 Å². The molecule has 8 heteroatoms. The molecule has 0 radical (unpaired) electrons. The highest BCUT2D eigenvalue weighted by Gasteiger charge is 2.43. The van der Waals surface area contributed by atoms with Crippen LogP contribution >= 0.6 is 0 Å². The van der Waals surface area contributed by atoms with Crippen molar-refractivity contribution in [3.63, 3.8) is 0 Å². The van der Waals surface area contributed by atoms with E-state index in [1.165, 1.54) is 12.3 Å². The van der Waals surface area contributed by atoms with E-state index in [0.29, 0.717) is 6.42 Å². The molecular formula is C17H20N2O6. The Kier molecular flexibility index (Phi) is 5.14. The lowest BCUT2D eigenvalue weighted by molar-refractivity contribution is -0.0556. The lowest BCUT2D eigenvalue weighted by Gasteiger charge is -2.18. The van der Waals surface area contributed by atoms with Gasteiger partial charge in [0.05, 0.1) is 6.61 Å². The summed E-state index contributed by atoms with van der Waals surface area (Å²) in [6, 6.07) is 10.6. The Morgan fingerprint density at radius 1 is 1.04 bits per heavy atom. The van der Waals surface area contributed by atoms with Crippen molar-refractivity contribution >= 4 is 0 Å². The third-order valence-corrected chi connectivity index (χ3v) is 4.35. The van der Waals surface area contributed by atoms with Gasteiger partial charge >= 0.3 is 5.69 Å². The minimum atomic E-state index is -1.38. The van der Waals surface area contributed by atoms with E-state index in [1.54, 1.807) is 0 Å². The van der Waals surface area contributed by atoms with E-state index in [0.717, 1.165) is 14.7 Å². The topological polar surface area (TPSA) is 114 Å². The predicted octanol–water partition coefficient (Wildman–Crippen LogP) is -1.14. The van der Waals surface area contributed by atoms with Gasteiger partial charge in [0.15, 0.2) is 6.23 Å². The lowest BCUT2D eigenvalue weighted by Crippen LogP contribution is -2.43. The van der Waals surface area contributed by atoms with Crippen LogP contribution in [0.4, 0.5) is 0 Å². The number of hydrogen-bond donors (Lipinski definition) is 3. The molecule has 1 fully saturated rings. The van der Waals surface area contributed by atoms with Crippen LogP contribution < -0.4 is 11.2 Å². The van der Waals surface area contributed by atoms with E-state index in [4.69, 9.17) is 9.84 Å². The van der Waals surface area contributed by atoms with Crippen molar-refractivity contribution in [2.75, 3.05) is 6.61 Å². The number of benzene rings is 1. The molecule has 2 aromatic rings. The van der Waals surface area contributed by atoms with E-state index in [2.05, 4.69) is 0 Å². The number of ether oxygens (including phenoxy) is 1. The summed E-state index contributed by atoms with van der Waals surface area (Å²) in [5, 5.41) is 29.1. The second kappa shape index (κ2) is 7.32. The fourth-order valence-electron chi connectivity index (χ4n) is 2.93. The zero-order valence-corrected chi connectivity index (χ0v) is 13.4. The summed E-state index contributed by atoms with van der Waals surface area (Å²) in [5.74, 6) is 0. The van der Waals surface area contributed by atoms with Crippen molar-refractivity contribution in [2.24, 2.45) is 0 Å². The van der Waals surface area contributed by atoms with Gasteiger partial charge in [-0.2, -0.15) is 0 Å². The van der Waals surface area contributed by atoms with Gasteiger partial charge < -0.3 is 20.1 Å². The van der Waals surface area contributed by atoms with Gasteiger partial charge in [-0.25, -0.2) is 4.79 Å². The first kappa shape index (κ1) is 17.6. The van der Waals surface area contributed by atoms with Crippen molar-refractivity contribution in [1.29, 1.82) is 0 Å². The maximum absolute atomic E-state index is 12.6. The molecule has 0 bridgehead atoms. The third-order valence-electron chi connectivity index (χ3n) is 4.35. The van der Waals surface area contributed by atoms with Crippen molar-refractivity contribution in [2.45, 2.75) is 37.5 Å². The Labute approximate surface area is 143 Å². The van der Waals surface area contributed by atoms with Crippen LogP contribution in [0.25, 0.3) is 0 Å². The van der Waals surface area contributed by atoms with Gasteiger partial charge in [-0.1, -0.05) is 30.3 Å². The van der Waals surface area contributed by atoms with Crippen LogP contribution in [-0.4, -0.2) is 49.4 Å². The highest BCUT2D eigenvalue weighted by Crippen LogP contribution is 2.27. The number of hydrogen-bond acceptors (Lipinski definition) is 6. The number of rotatable bonds is 5. The molecule has 1 aliphatic heterocycles. The molecule has 1 saturated heterocycles. The van der Waals surface area contributed by atoms with E-state index in [9.17, 15) is 19.8 Å². The van der Waals surface area contributed by atoms with Gasteiger partial charge in [0.1, 0.15) is 18.3 Å². The second-order valence-electron chi connectivity index (χ2n) is 5.96. The first-order valence-corrected chi connectivity index (χ1v) is 8.01. The van der Waals surface area contributed by atoms with Crippen molar-refractivity contribution < 1.29 is 20.1 Å². The normalized spacial score (nSPS) is 26.0. The molecular weight excluding hydrogens is 328 g/mol. The van der Waals surface area contributed by atoms with Gasteiger partial charge in [0.2, 0.25) is 0 Å². The van der Waals surface area contributed by atoms with Gasteiger partial charge in [-0.05, 0) is 12.0 Å². The summed E-state index contributed by atoms with van der Waals surface area (Å²) in [5.41, 5.74) is -0.112. The monoisotopic (exact) mass is 348 g/mol. The van der Waals surface area contributed by atoms with Crippen LogP contribution in [0.3, 0.4) is 0 Å². The molecule has 2 heterocycles. The van der Waals surface area contributed by atoms with Crippen molar-refractivity contribution in [3.8, 4) is 0 Å². The standard InChI is InChI=1S/C17H20N2O6/c20-10-12-14(22)15(23)16(25-12)19-9-7-13(21)18(17(19)24)8-6-11-4-2-1-3-5-11/h1-5,7,9,12,14-16,20,22-23H,6,8,10H2/t12?,14?,15-,16?/m0/s1. The summed E-state index contributed by atoms with van der Waals surface area (Å²) in [7, 11) is 0. The Bertz CT molecular complexity index is 831. The number of aromatic nitrogens is 2. The van der Waals surface area contributed by atoms with Crippen LogP contribution in [0.2, 0.25) is 0 Å². The molecule has 0 saturated carbocycles. The van der Waals surface area contributed by atoms with E-state index in [1.807, 2.05) is 30.3 Å². The van der Waals surface area contributed by atoms with Crippen LogP contribution in [0.5, 0.6) is 0 Å². The molecule has 0 spiro atoms. The second-order valence-corrected chi connectivity index (χ2v) is 5.96. The molecule has 1 aromatic carbocycles. The molecule has 3 N–H and O–H groups in total. The summed E-state index contributed by atoms with van der Waals surface area (Å²) in [6.07, 6.45) is -3.12. The molecule has 4 atom stereocenters.